The highest BCUT2D eigenvalue weighted by molar-refractivity contribution is 4.99. The molecule has 50 valence electrons. The van der Waals surface area contributed by atoms with Crippen molar-refractivity contribution in [2.75, 3.05) is 0 Å². The predicted octanol–water partition coefficient (Wildman–Crippen LogP) is 0.0473. The third-order valence-corrected chi connectivity index (χ3v) is 0.976. The zero-order valence-corrected chi connectivity index (χ0v) is 5.28. The minimum Gasteiger partial charge on any atom is -0.318 e. The summed E-state index contributed by atoms with van der Waals surface area (Å²) in [5.74, 6) is 0. The van der Waals surface area contributed by atoms with Crippen LogP contribution in [0.4, 0.5) is 0 Å². The summed E-state index contributed by atoms with van der Waals surface area (Å²) in [6.07, 6.45) is 3.39. The summed E-state index contributed by atoms with van der Waals surface area (Å²) < 4.78 is 0. The van der Waals surface area contributed by atoms with E-state index in [0.29, 0.717) is 6.54 Å². The van der Waals surface area contributed by atoms with E-state index in [4.69, 9.17) is 5.26 Å². The lowest BCUT2D eigenvalue weighted by Gasteiger charge is -1.92. The van der Waals surface area contributed by atoms with Gasteiger partial charge in [0.25, 0.3) is 0 Å². The van der Waals surface area contributed by atoms with Crippen molar-refractivity contribution >= 4 is 0 Å². The van der Waals surface area contributed by atoms with Crippen LogP contribution in [0.1, 0.15) is 5.69 Å². The van der Waals surface area contributed by atoms with E-state index in [1.54, 1.807) is 24.5 Å². The van der Waals surface area contributed by atoms with Gasteiger partial charge in [-0.25, -0.2) is 0 Å². The number of hydrogen-bond donors (Lipinski definition) is 1. The molecule has 4 heteroatoms. The first-order valence-electron chi connectivity index (χ1n) is 2.82. The van der Waals surface area contributed by atoms with Crippen LogP contribution in [0.2, 0.25) is 0 Å². The molecule has 0 saturated carbocycles. The average molecular weight is 134 g/mol. The van der Waals surface area contributed by atoms with Gasteiger partial charge < -0.3 is 5.32 Å². The Morgan fingerprint density at radius 3 is 3.20 bits per heavy atom. The normalized spacial score (nSPS) is 8.30. The molecule has 0 aliphatic rings. The highest BCUT2D eigenvalue weighted by Crippen LogP contribution is 1.87. The van der Waals surface area contributed by atoms with Crippen LogP contribution in [-0.2, 0) is 6.54 Å². The summed E-state index contributed by atoms with van der Waals surface area (Å²) in [6, 6.07) is 3.58. The van der Waals surface area contributed by atoms with Gasteiger partial charge in [-0.1, -0.05) is 0 Å². The monoisotopic (exact) mass is 134 g/mol. The molecule has 0 unspecified atom stereocenters. The molecular formula is C6H6N4. The molecule has 4 nitrogen and oxygen atoms in total. The van der Waals surface area contributed by atoms with Gasteiger partial charge in [-0.2, -0.15) is 15.5 Å². The van der Waals surface area contributed by atoms with Crippen molar-refractivity contribution in [3.8, 4) is 6.19 Å². The molecular weight excluding hydrogens is 128 g/mol. The molecule has 0 fully saturated rings. The Morgan fingerprint density at radius 1 is 1.70 bits per heavy atom. The van der Waals surface area contributed by atoms with E-state index < -0.39 is 0 Å². The van der Waals surface area contributed by atoms with Gasteiger partial charge in [-0.3, -0.25) is 0 Å². The van der Waals surface area contributed by atoms with E-state index in [1.807, 2.05) is 0 Å². The molecule has 0 bridgehead atoms. The molecule has 0 atom stereocenters. The van der Waals surface area contributed by atoms with Crippen LogP contribution in [0.5, 0.6) is 0 Å². The van der Waals surface area contributed by atoms with Gasteiger partial charge in [-0.15, -0.1) is 0 Å². The lowest BCUT2D eigenvalue weighted by atomic mass is 10.4. The third-order valence-electron chi connectivity index (χ3n) is 0.976. The Hall–Kier alpha value is -1.63. The molecule has 0 spiro atoms. The molecule has 0 aliphatic heterocycles. The fourth-order valence-corrected chi connectivity index (χ4v) is 0.558. The van der Waals surface area contributed by atoms with E-state index >= 15 is 0 Å². The van der Waals surface area contributed by atoms with Crippen LogP contribution in [-0.4, -0.2) is 10.2 Å². The molecule has 1 aromatic heterocycles. The Kier molecular flexibility index (Phi) is 2.21. The smallest absolute Gasteiger partial charge is 0.176 e. The molecule has 0 aliphatic carbocycles. The molecule has 0 amide bonds. The zero-order chi connectivity index (χ0) is 7.23. The van der Waals surface area contributed by atoms with Crippen molar-refractivity contribution in [3.63, 3.8) is 0 Å². The van der Waals surface area contributed by atoms with Crippen molar-refractivity contribution in [3.05, 3.63) is 24.0 Å². The van der Waals surface area contributed by atoms with Gasteiger partial charge in [0.1, 0.15) is 0 Å². The molecule has 1 heterocycles. The highest BCUT2D eigenvalue weighted by Gasteiger charge is 1.88. The largest absolute Gasteiger partial charge is 0.318 e. The maximum atomic E-state index is 8.12. The first-order chi connectivity index (χ1) is 4.93. The Morgan fingerprint density at radius 2 is 2.60 bits per heavy atom. The first kappa shape index (κ1) is 6.49. The Balaban J connectivity index is 2.52. The van der Waals surface area contributed by atoms with E-state index in [0.717, 1.165) is 5.69 Å². The summed E-state index contributed by atoms with van der Waals surface area (Å²) in [7, 11) is 0. The number of nitriles is 1. The first-order valence-corrected chi connectivity index (χ1v) is 2.82. The fourth-order valence-electron chi connectivity index (χ4n) is 0.558. The van der Waals surface area contributed by atoms with Crippen LogP contribution >= 0.6 is 0 Å². The van der Waals surface area contributed by atoms with Gasteiger partial charge >= 0.3 is 0 Å². The predicted molar refractivity (Wildman–Crippen MR) is 34.5 cm³/mol. The van der Waals surface area contributed by atoms with Crippen molar-refractivity contribution in [2.45, 2.75) is 6.54 Å². The number of nitrogens with one attached hydrogen (secondary N) is 1. The van der Waals surface area contributed by atoms with Crippen molar-refractivity contribution in [1.29, 1.82) is 5.26 Å². The SMILES string of the molecule is N#CNCc1cccnn1. The van der Waals surface area contributed by atoms with Crippen LogP contribution in [0.3, 0.4) is 0 Å². The molecule has 10 heavy (non-hydrogen) atoms. The summed E-state index contributed by atoms with van der Waals surface area (Å²) >= 11 is 0. The summed E-state index contributed by atoms with van der Waals surface area (Å²) in [6.45, 7) is 0.449. The van der Waals surface area contributed by atoms with E-state index in [9.17, 15) is 0 Å². The molecule has 0 radical (unpaired) electrons. The second-order valence-corrected chi connectivity index (χ2v) is 1.68. The van der Waals surface area contributed by atoms with Gasteiger partial charge in [-0.05, 0) is 12.1 Å². The second-order valence-electron chi connectivity index (χ2n) is 1.68. The van der Waals surface area contributed by atoms with Crippen molar-refractivity contribution in [2.24, 2.45) is 0 Å². The van der Waals surface area contributed by atoms with Crippen LogP contribution in [0.15, 0.2) is 18.3 Å². The molecule has 1 rings (SSSR count). The van der Waals surface area contributed by atoms with E-state index in [1.165, 1.54) is 0 Å². The Bertz CT molecular complexity index is 225. The number of nitrogens with zero attached hydrogens (tertiary/aromatic N) is 3. The quantitative estimate of drug-likeness (QED) is 0.458. The van der Waals surface area contributed by atoms with Crippen LogP contribution < -0.4 is 5.32 Å². The summed E-state index contributed by atoms with van der Waals surface area (Å²) in [5.41, 5.74) is 0.768. The maximum absolute atomic E-state index is 8.12. The minimum atomic E-state index is 0.449. The molecule has 1 aromatic rings. The lowest BCUT2D eigenvalue weighted by Crippen LogP contribution is -2.06. The van der Waals surface area contributed by atoms with Crippen molar-refractivity contribution < 1.29 is 0 Å². The van der Waals surface area contributed by atoms with E-state index in [-0.39, 0.29) is 0 Å². The van der Waals surface area contributed by atoms with Gasteiger partial charge in [0.05, 0.1) is 12.2 Å². The molecule has 0 saturated heterocycles. The number of aromatic nitrogens is 2. The number of rotatable bonds is 2. The zero-order valence-electron chi connectivity index (χ0n) is 5.28. The van der Waals surface area contributed by atoms with E-state index in [2.05, 4.69) is 15.5 Å². The molecule has 1 N–H and O–H groups in total. The van der Waals surface area contributed by atoms with Crippen LogP contribution in [0, 0.1) is 11.5 Å². The average Bonchev–Trinajstić information content (AvgIpc) is 2.03. The lowest BCUT2D eigenvalue weighted by molar-refractivity contribution is 0.812. The third kappa shape index (κ3) is 1.71. The summed E-state index contributed by atoms with van der Waals surface area (Å²) in [4.78, 5) is 0. The Labute approximate surface area is 58.5 Å². The topological polar surface area (TPSA) is 61.6 Å². The number of hydrogen-bond acceptors (Lipinski definition) is 4. The summed E-state index contributed by atoms with van der Waals surface area (Å²) in [5, 5.41) is 18.0. The standard InChI is InChI=1S/C6H6N4/c7-5-8-4-6-2-1-3-9-10-6/h1-3,8H,4H2. The van der Waals surface area contributed by atoms with Crippen molar-refractivity contribution in [1.82, 2.24) is 15.5 Å². The fraction of sp³-hybridized carbons (Fsp3) is 0.167. The van der Waals surface area contributed by atoms with Gasteiger partial charge in [0, 0.05) is 6.20 Å². The van der Waals surface area contributed by atoms with Gasteiger partial charge in [0.2, 0.25) is 0 Å². The second kappa shape index (κ2) is 3.41. The molecule has 0 aromatic carbocycles. The van der Waals surface area contributed by atoms with Gasteiger partial charge in [0.15, 0.2) is 6.19 Å². The van der Waals surface area contributed by atoms with Crippen LogP contribution in [0.25, 0.3) is 0 Å². The maximum Gasteiger partial charge on any atom is 0.176 e. The minimum absolute atomic E-state index is 0.449. The highest BCUT2D eigenvalue weighted by atomic mass is 15.1.